The molecule has 4 rings (SSSR count). The lowest BCUT2D eigenvalue weighted by Gasteiger charge is -2.25. The Balaban J connectivity index is 1.73. The second kappa shape index (κ2) is 5.32. The maximum atomic E-state index is 6.20. The highest BCUT2D eigenvalue weighted by Gasteiger charge is 2.23. The van der Waals surface area contributed by atoms with Crippen molar-refractivity contribution < 1.29 is 0 Å². The highest BCUT2D eigenvalue weighted by molar-refractivity contribution is 7.16. The first kappa shape index (κ1) is 13.1. The minimum absolute atomic E-state index is 0.358. The molecule has 0 saturated carbocycles. The molecule has 106 valence electrons. The fraction of sp³-hybridized carbons (Fsp3) is 0.235. The van der Waals surface area contributed by atoms with Crippen molar-refractivity contribution in [3.63, 3.8) is 0 Å². The molecule has 0 radical (unpaired) electrons. The van der Waals surface area contributed by atoms with E-state index in [0.29, 0.717) is 6.04 Å². The topological polar surface area (TPSA) is 24.9 Å². The number of aromatic nitrogens is 1. The molecule has 4 heteroatoms. The number of nitrogens with one attached hydrogen (secondary N) is 1. The van der Waals surface area contributed by atoms with Gasteiger partial charge in [-0.05, 0) is 43.0 Å². The molecule has 0 aliphatic heterocycles. The summed E-state index contributed by atoms with van der Waals surface area (Å²) in [6.07, 6.45) is 7.29. The van der Waals surface area contributed by atoms with E-state index in [2.05, 4.69) is 40.6 Å². The zero-order chi connectivity index (χ0) is 14.2. The van der Waals surface area contributed by atoms with E-state index in [9.17, 15) is 0 Å². The van der Waals surface area contributed by atoms with E-state index in [1.165, 1.54) is 33.3 Å². The first-order valence-electron chi connectivity index (χ1n) is 7.18. The van der Waals surface area contributed by atoms with Crippen LogP contribution in [-0.2, 0) is 6.42 Å². The van der Waals surface area contributed by atoms with Gasteiger partial charge in [-0.3, -0.25) is 4.98 Å². The fourth-order valence-corrected chi connectivity index (χ4v) is 4.49. The van der Waals surface area contributed by atoms with Crippen LogP contribution in [0.4, 0.5) is 5.69 Å². The fourth-order valence-electron chi connectivity index (χ4n) is 3.11. The van der Waals surface area contributed by atoms with Gasteiger partial charge in [-0.15, -0.1) is 11.3 Å². The average Bonchev–Trinajstić information content (AvgIpc) is 2.89. The summed E-state index contributed by atoms with van der Waals surface area (Å²) in [4.78, 5) is 5.63. The number of anilines is 1. The number of pyridine rings is 1. The number of thiophene rings is 1. The van der Waals surface area contributed by atoms with Gasteiger partial charge in [0.05, 0.1) is 10.4 Å². The molecular weight excluding hydrogens is 300 g/mol. The van der Waals surface area contributed by atoms with Crippen molar-refractivity contribution >= 4 is 39.4 Å². The van der Waals surface area contributed by atoms with Crippen molar-refractivity contribution in [3.05, 3.63) is 57.5 Å². The average molecular weight is 315 g/mol. The Hall–Kier alpha value is -1.58. The Kier molecular flexibility index (Phi) is 3.32. The molecule has 21 heavy (non-hydrogen) atoms. The molecule has 2 nitrogen and oxygen atoms in total. The Labute approximate surface area is 132 Å². The largest absolute Gasteiger partial charge is 0.378 e. The summed E-state index contributed by atoms with van der Waals surface area (Å²) in [5, 5.41) is 6.11. The standard InChI is InChI=1S/C17H15ClN2S/c18-17-9-13-15(5-2-6-16(13)21-17)20-14-4-1-3-11-10-19-8-7-12(11)14/h1,3-4,7-10,15,20H,2,5-6H2. The molecule has 0 spiro atoms. The third-order valence-electron chi connectivity index (χ3n) is 4.09. The van der Waals surface area contributed by atoms with E-state index in [4.69, 9.17) is 11.6 Å². The van der Waals surface area contributed by atoms with Gasteiger partial charge in [-0.2, -0.15) is 0 Å². The second-order valence-electron chi connectivity index (χ2n) is 5.42. The maximum absolute atomic E-state index is 6.20. The van der Waals surface area contributed by atoms with E-state index in [1.807, 2.05) is 12.4 Å². The first-order chi connectivity index (χ1) is 10.3. The smallest absolute Gasteiger partial charge is 0.0934 e. The lowest BCUT2D eigenvalue weighted by Crippen LogP contribution is -2.15. The number of halogens is 1. The van der Waals surface area contributed by atoms with Crippen molar-refractivity contribution in [1.82, 2.24) is 4.98 Å². The second-order valence-corrected chi connectivity index (χ2v) is 7.19. The Morgan fingerprint density at radius 2 is 2.24 bits per heavy atom. The van der Waals surface area contributed by atoms with Crippen LogP contribution in [0.15, 0.2) is 42.7 Å². The van der Waals surface area contributed by atoms with E-state index in [0.717, 1.165) is 17.2 Å². The van der Waals surface area contributed by atoms with Gasteiger partial charge in [0, 0.05) is 33.7 Å². The molecule has 1 aliphatic rings. The predicted octanol–water partition coefficient (Wildman–Crippen LogP) is 5.44. The molecule has 3 aromatic rings. The third kappa shape index (κ3) is 2.41. The zero-order valence-electron chi connectivity index (χ0n) is 11.5. The molecule has 0 fully saturated rings. The number of rotatable bonds is 2. The van der Waals surface area contributed by atoms with Crippen LogP contribution in [-0.4, -0.2) is 4.98 Å². The first-order valence-corrected chi connectivity index (χ1v) is 8.38. The van der Waals surface area contributed by atoms with Gasteiger partial charge < -0.3 is 5.32 Å². The lowest BCUT2D eigenvalue weighted by atomic mass is 9.93. The molecule has 2 aromatic heterocycles. The minimum atomic E-state index is 0.358. The highest BCUT2D eigenvalue weighted by Crippen LogP contribution is 2.40. The molecule has 0 saturated heterocycles. The van der Waals surface area contributed by atoms with Crippen molar-refractivity contribution in [2.45, 2.75) is 25.3 Å². The van der Waals surface area contributed by atoms with Gasteiger partial charge in [-0.25, -0.2) is 0 Å². The van der Waals surface area contributed by atoms with Crippen LogP contribution in [0, 0.1) is 0 Å². The molecule has 1 aliphatic carbocycles. The molecule has 1 N–H and O–H groups in total. The number of nitrogens with zero attached hydrogens (tertiary/aromatic N) is 1. The molecule has 1 atom stereocenters. The number of fused-ring (bicyclic) bond motifs is 2. The van der Waals surface area contributed by atoms with Gasteiger partial charge in [0.25, 0.3) is 0 Å². The molecule has 2 heterocycles. The molecule has 0 bridgehead atoms. The van der Waals surface area contributed by atoms with Crippen LogP contribution in [0.5, 0.6) is 0 Å². The summed E-state index contributed by atoms with van der Waals surface area (Å²) in [5.41, 5.74) is 2.55. The predicted molar refractivity (Wildman–Crippen MR) is 90.4 cm³/mol. The van der Waals surface area contributed by atoms with E-state index in [1.54, 1.807) is 11.3 Å². The van der Waals surface area contributed by atoms with Crippen LogP contribution in [0.25, 0.3) is 10.8 Å². The van der Waals surface area contributed by atoms with Crippen molar-refractivity contribution in [3.8, 4) is 0 Å². The Morgan fingerprint density at radius 3 is 3.19 bits per heavy atom. The minimum Gasteiger partial charge on any atom is -0.378 e. The quantitative estimate of drug-likeness (QED) is 0.681. The monoisotopic (exact) mass is 314 g/mol. The summed E-state index contributed by atoms with van der Waals surface area (Å²) in [5.74, 6) is 0. The van der Waals surface area contributed by atoms with Crippen LogP contribution in [0.1, 0.15) is 29.3 Å². The summed E-state index contributed by atoms with van der Waals surface area (Å²) >= 11 is 7.92. The lowest BCUT2D eigenvalue weighted by molar-refractivity contribution is 0.609. The van der Waals surface area contributed by atoms with Gasteiger partial charge in [-0.1, -0.05) is 23.7 Å². The summed E-state index contributed by atoms with van der Waals surface area (Å²) in [6.45, 7) is 0. The maximum Gasteiger partial charge on any atom is 0.0934 e. The molecule has 0 amide bonds. The van der Waals surface area contributed by atoms with Crippen molar-refractivity contribution in [2.24, 2.45) is 0 Å². The summed E-state index contributed by atoms with van der Waals surface area (Å²) in [7, 11) is 0. The van der Waals surface area contributed by atoms with Crippen LogP contribution in [0.2, 0.25) is 4.34 Å². The summed E-state index contributed by atoms with van der Waals surface area (Å²) < 4.78 is 0.899. The SMILES string of the molecule is Clc1cc2c(s1)CCCC2Nc1cccc2cnccc12. The number of hydrogen-bond donors (Lipinski definition) is 1. The van der Waals surface area contributed by atoms with E-state index < -0.39 is 0 Å². The molecule has 1 unspecified atom stereocenters. The number of aryl methyl sites for hydroxylation is 1. The normalized spacial score (nSPS) is 17.7. The number of benzene rings is 1. The van der Waals surface area contributed by atoms with Gasteiger partial charge in [0.2, 0.25) is 0 Å². The highest BCUT2D eigenvalue weighted by atomic mass is 35.5. The van der Waals surface area contributed by atoms with Crippen LogP contribution >= 0.6 is 22.9 Å². The molecular formula is C17H15ClN2S. The number of hydrogen-bond acceptors (Lipinski definition) is 3. The van der Waals surface area contributed by atoms with E-state index in [-0.39, 0.29) is 0 Å². The Morgan fingerprint density at radius 1 is 1.29 bits per heavy atom. The summed E-state index contributed by atoms with van der Waals surface area (Å²) in [6, 6.07) is 10.9. The zero-order valence-corrected chi connectivity index (χ0v) is 13.0. The van der Waals surface area contributed by atoms with Crippen molar-refractivity contribution in [1.29, 1.82) is 0 Å². The van der Waals surface area contributed by atoms with Crippen molar-refractivity contribution in [2.75, 3.05) is 5.32 Å². The third-order valence-corrected chi connectivity index (χ3v) is 5.43. The van der Waals surface area contributed by atoms with Gasteiger partial charge in [0.1, 0.15) is 0 Å². The van der Waals surface area contributed by atoms with E-state index >= 15 is 0 Å². The van der Waals surface area contributed by atoms with Gasteiger partial charge >= 0.3 is 0 Å². The van der Waals surface area contributed by atoms with Crippen LogP contribution < -0.4 is 5.32 Å². The Bertz CT molecular complexity index is 791. The molecule has 1 aromatic carbocycles. The van der Waals surface area contributed by atoms with Crippen LogP contribution in [0.3, 0.4) is 0 Å². The van der Waals surface area contributed by atoms with Gasteiger partial charge in [0.15, 0.2) is 0 Å².